The maximum Gasteiger partial charge on any atom is 0.338 e. The molecule has 1 saturated carbocycles. The van der Waals surface area contributed by atoms with Crippen molar-refractivity contribution in [2.24, 2.45) is 11.8 Å². The minimum absolute atomic E-state index is 0.0257. The summed E-state index contributed by atoms with van der Waals surface area (Å²) in [4.78, 5) is 24.3. The minimum Gasteiger partial charge on any atom is -0.508 e. The topological polar surface area (TPSA) is 192 Å². The largest absolute Gasteiger partial charge is 0.508 e. The summed E-state index contributed by atoms with van der Waals surface area (Å²) in [7, 11) is 0. The number of aromatic hydroxyl groups is 1. The predicted octanol–water partition coefficient (Wildman–Crippen LogP) is -1.44. The molecular formula is C23H28O12. The van der Waals surface area contributed by atoms with Crippen LogP contribution in [0.4, 0.5) is 0 Å². The maximum atomic E-state index is 12.6. The first kappa shape index (κ1) is 25.5. The molecule has 2 aliphatic heterocycles. The predicted molar refractivity (Wildman–Crippen MR) is 113 cm³/mol. The molecule has 0 amide bonds. The summed E-state index contributed by atoms with van der Waals surface area (Å²) in [5.74, 6) is -2.30. The second kappa shape index (κ2) is 9.82. The second-order valence-corrected chi connectivity index (χ2v) is 9.03. The fourth-order valence-electron chi connectivity index (χ4n) is 4.92. The monoisotopic (exact) mass is 496 g/mol. The molecule has 6 N–H and O–H groups in total. The molecule has 12 heteroatoms. The molecule has 2 fully saturated rings. The summed E-state index contributed by atoms with van der Waals surface area (Å²) in [6.07, 6.45) is -8.63. The molecule has 1 aromatic carbocycles. The normalized spacial score (nSPS) is 40.9. The number of carbonyl (C=O) groups excluding carboxylic acids is 2. The van der Waals surface area contributed by atoms with E-state index in [0.717, 1.165) is 6.26 Å². The van der Waals surface area contributed by atoms with Gasteiger partial charge in [-0.05, 0) is 24.3 Å². The maximum absolute atomic E-state index is 12.6. The van der Waals surface area contributed by atoms with Crippen molar-refractivity contribution >= 4 is 12.3 Å². The summed E-state index contributed by atoms with van der Waals surface area (Å²) >= 11 is 0. The molecular weight excluding hydrogens is 468 g/mol. The Kier molecular flexibility index (Phi) is 7.16. The van der Waals surface area contributed by atoms with Gasteiger partial charge in [0, 0.05) is 12.3 Å². The summed E-state index contributed by atoms with van der Waals surface area (Å²) in [6, 6.07) is 5.41. The van der Waals surface area contributed by atoms with E-state index in [1.807, 2.05) is 0 Å². The number of esters is 1. The van der Waals surface area contributed by atoms with Crippen LogP contribution < -0.4 is 0 Å². The van der Waals surface area contributed by atoms with Gasteiger partial charge in [0.05, 0.1) is 29.9 Å². The molecule has 10 atom stereocenters. The van der Waals surface area contributed by atoms with Crippen LogP contribution in [0, 0.1) is 11.8 Å². The Morgan fingerprint density at radius 1 is 1.14 bits per heavy atom. The highest BCUT2D eigenvalue weighted by atomic mass is 16.8. The summed E-state index contributed by atoms with van der Waals surface area (Å²) < 4.78 is 22.2. The lowest BCUT2D eigenvalue weighted by atomic mass is 9.79. The van der Waals surface area contributed by atoms with Crippen LogP contribution in [0.25, 0.3) is 0 Å². The third-order valence-electron chi connectivity index (χ3n) is 6.94. The van der Waals surface area contributed by atoms with Gasteiger partial charge in [0.15, 0.2) is 12.6 Å². The van der Waals surface area contributed by atoms with Crippen LogP contribution in [0.1, 0.15) is 23.7 Å². The average molecular weight is 496 g/mol. The van der Waals surface area contributed by atoms with Crippen molar-refractivity contribution in [2.45, 2.75) is 62.0 Å². The number of benzene rings is 1. The first-order valence-corrected chi connectivity index (χ1v) is 11.1. The summed E-state index contributed by atoms with van der Waals surface area (Å²) in [5, 5.41) is 60.6. The number of fused-ring (bicyclic) bond motifs is 1. The van der Waals surface area contributed by atoms with E-state index in [4.69, 9.17) is 18.9 Å². The number of rotatable bonds is 6. The van der Waals surface area contributed by atoms with Crippen molar-refractivity contribution in [3.63, 3.8) is 0 Å². The van der Waals surface area contributed by atoms with Crippen LogP contribution in [0.15, 0.2) is 36.1 Å². The van der Waals surface area contributed by atoms with Crippen molar-refractivity contribution in [1.82, 2.24) is 0 Å². The molecule has 10 unspecified atom stereocenters. The van der Waals surface area contributed by atoms with E-state index in [2.05, 4.69) is 0 Å². The molecule has 0 bridgehead atoms. The molecule has 4 rings (SSSR count). The number of ether oxygens (including phenoxy) is 4. The van der Waals surface area contributed by atoms with Gasteiger partial charge in [-0.15, -0.1) is 0 Å². The Hall–Kier alpha value is -2.58. The molecule has 192 valence electrons. The Morgan fingerprint density at radius 3 is 2.46 bits per heavy atom. The Bertz CT molecular complexity index is 962. The Balaban J connectivity index is 1.55. The highest BCUT2D eigenvalue weighted by molar-refractivity contribution is 5.89. The van der Waals surface area contributed by atoms with Gasteiger partial charge in [0.1, 0.15) is 41.9 Å². The van der Waals surface area contributed by atoms with Crippen LogP contribution in [-0.2, 0) is 23.7 Å². The van der Waals surface area contributed by atoms with Crippen LogP contribution in [-0.4, -0.2) is 98.2 Å². The molecule has 2 heterocycles. The van der Waals surface area contributed by atoms with Crippen LogP contribution in [0.2, 0.25) is 0 Å². The number of phenols is 1. The summed E-state index contributed by atoms with van der Waals surface area (Å²) in [6.45, 7) is 1.00. The van der Waals surface area contributed by atoms with Gasteiger partial charge < -0.3 is 49.6 Å². The van der Waals surface area contributed by atoms with E-state index < -0.39 is 73.1 Å². The lowest BCUT2D eigenvalue weighted by Crippen LogP contribution is -2.61. The Morgan fingerprint density at radius 2 is 1.83 bits per heavy atom. The van der Waals surface area contributed by atoms with E-state index in [1.54, 1.807) is 6.92 Å². The van der Waals surface area contributed by atoms with Crippen molar-refractivity contribution in [3.05, 3.63) is 41.7 Å². The lowest BCUT2D eigenvalue weighted by Gasteiger charge is -2.44. The van der Waals surface area contributed by atoms with Crippen molar-refractivity contribution < 1.29 is 59.2 Å². The van der Waals surface area contributed by atoms with Gasteiger partial charge in [-0.2, -0.15) is 0 Å². The van der Waals surface area contributed by atoms with Crippen molar-refractivity contribution in [1.29, 1.82) is 0 Å². The first-order chi connectivity index (χ1) is 16.6. The zero-order valence-corrected chi connectivity index (χ0v) is 18.7. The molecule has 35 heavy (non-hydrogen) atoms. The third-order valence-corrected chi connectivity index (χ3v) is 6.94. The van der Waals surface area contributed by atoms with Gasteiger partial charge in [-0.3, -0.25) is 4.79 Å². The minimum atomic E-state index is -1.81. The number of phenolic OH excluding ortho intramolecular Hbond substituents is 1. The molecule has 12 nitrogen and oxygen atoms in total. The standard InChI is InChI=1S/C23H28O12/c1-10-14(33-20(30)11-2-4-13(26)5-3-11)6-23(31)12(7-24)9-32-21(16(10)23)35-22-19(29)18(28)17(27)15(8-25)34-22/h2-5,7,9-10,14-19,21-22,25-29,31H,6,8H2,1H3. The van der Waals surface area contributed by atoms with Gasteiger partial charge >= 0.3 is 5.97 Å². The molecule has 0 radical (unpaired) electrons. The van der Waals surface area contributed by atoms with Gasteiger partial charge in [-0.1, -0.05) is 6.92 Å². The van der Waals surface area contributed by atoms with E-state index >= 15 is 0 Å². The number of aldehydes is 1. The fourth-order valence-corrected chi connectivity index (χ4v) is 4.92. The molecule has 0 aromatic heterocycles. The lowest BCUT2D eigenvalue weighted by molar-refractivity contribution is -0.346. The zero-order chi connectivity index (χ0) is 25.5. The van der Waals surface area contributed by atoms with Crippen LogP contribution >= 0.6 is 0 Å². The number of hydrogen-bond acceptors (Lipinski definition) is 12. The smallest absolute Gasteiger partial charge is 0.338 e. The molecule has 1 aromatic rings. The van der Waals surface area contributed by atoms with Crippen LogP contribution in [0.3, 0.4) is 0 Å². The number of aliphatic hydroxyl groups is 5. The highest BCUT2D eigenvalue weighted by Crippen LogP contribution is 2.51. The average Bonchev–Trinajstić information content (AvgIpc) is 3.10. The first-order valence-electron chi connectivity index (χ1n) is 11.1. The molecule has 1 saturated heterocycles. The third kappa shape index (κ3) is 4.54. The quantitative estimate of drug-likeness (QED) is 0.199. The molecule has 1 aliphatic carbocycles. The molecule has 3 aliphatic rings. The molecule has 0 spiro atoms. The zero-order valence-electron chi connectivity index (χ0n) is 18.7. The number of carbonyl (C=O) groups is 2. The summed E-state index contributed by atoms with van der Waals surface area (Å²) in [5.41, 5.74) is -1.72. The van der Waals surface area contributed by atoms with Crippen molar-refractivity contribution in [3.8, 4) is 5.75 Å². The van der Waals surface area contributed by atoms with E-state index in [1.165, 1.54) is 24.3 Å². The Labute approximate surface area is 199 Å². The van der Waals surface area contributed by atoms with E-state index in [0.29, 0.717) is 6.29 Å². The van der Waals surface area contributed by atoms with E-state index in [-0.39, 0.29) is 23.3 Å². The number of hydrogen-bond donors (Lipinski definition) is 6. The second-order valence-electron chi connectivity index (χ2n) is 9.03. The van der Waals surface area contributed by atoms with Crippen LogP contribution in [0.5, 0.6) is 5.75 Å². The highest BCUT2D eigenvalue weighted by Gasteiger charge is 2.61. The SMILES string of the molecule is CC1C(OC(=O)c2ccc(O)cc2)CC2(O)C(C=O)=COC(OC3OC(CO)C(O)C(O)C3O)C12. The number of aliphatic hydroxyl groups excluding tert-OH is 4. The van der Waals surface area contributed by atoms with Gasteiger partial charge in [0.25, 0.3) is 0 Å². The van der Waals surface area contributed by atoms with Gasteiger partial charge in [-0.25, -0.2) is 4.79 Å². The van der Waals surface area contributed by atoms with E-state index in [9.17, 15) is 40.2 Å². The van der Waals surface area contributed by atoms with Crippen molar-refractivity contribution in [2.75, 3.05) is 6.61 Å². The van der Waals surface area contributed by atoms with Gasteiger partial charge in [0.2, 0.25) is 6.29 Å². The fraction of sp³-hybridized carbons (Fsp3) is 0.565.